The van der Waals surface area contributed by atoms with Crippen LogP contribution in [-0.4, -0.2) is 47.7 Å². The number of non-ortho nitro benzene ring substituents is 1. The molecule has 156 valence electrons. The van der Waals surface area contributed by atoms with Crippen LogP contribution in [0.3, 0.4) is 0 Å². The standard InChI is InChI=1S/C19H23N3O7/c1-5-27-16-19(17(23)28-6-2,13(4)21(20-16)18(24)29-7-3)12-14-8-10-15(11-9-14)22(25)26/h8-11H,4-7,12H2,1-3H3/t19-/m1/s1. The van der Waals surface area contributed by atoms with Crippen molar-refractivity contribution in [3.05, 3.63) is 52.2 Å². The molecule has 1 aromatic carbocycles. The monoisotopic (exact) mass is 405 g/mol. The number of carbonyl (C=O) groups is 2. The Morgan fingerprint density at radius 1 is 1.14 bits per heavy atom. The number of nitrogens with zero attached hydrogens (tertiary/aromatic N) is 3. The Kier molecular flexibility index (Phi) is 6.92. The van der Waals surface area contributed by atoms with Gasteiger partial charge in [0.05, 0.1) is 30.4 Å². The van der Waals surface area contributed by atoms with Gasteiger partial charge in [0.25, 0.3) is 5.69 Å². The number of rotatable bonds is 7. The minimum absolute atomic E-state index is 0.0165. The van der Waals surface area contributed by atoms with Crippen molar-refractivity contribution in [2.45, 2.75) is 27.2 Å². The van der Waals surface area contributed by atoms with E-state index in [9.17, 15) is 19.7 Å². The van der Waals surface area contributed by atoms with Gasteiger partial charge in [0.15, 0.2) is 5.41 Å². The summed E-state index contributed by atoms with van der Waals surface area (Å²) >= 11 is 0. The van der Waals surface area contributed by atoms with Gasteiger partial charge < -0.3 is 14.2 Å². The predicted octanol–water partition coefficient (Wildman–Crippen LogP) is 3.02. The van der Waals surface area contributed by atoms with Crippen molar-refractivity contribution in [2.75, 3.05) is 19.8 Å². The topological polar surface area (TPSA) is 121 Å². The number of hydrogen-bond acceptors (Lipinski definition) is 8. The van der Waals surface area contributed by atoms with Crippen LogP contribution < -0.4 is 0 Å². The van der Waals surface area contributed by atoms with Crippen molar-refractivity contribution in [3.8, 4) is 0 Å². The molecule has 10 heteroatoms. The number of amides is 1. The fourth-order valence-electron chi connectivity index (χ4n) is 2.92. The molecule has 0 aliphatic carbocycles. The zero-order valence-electron chi connectivity index (χ0n) is 16.5. The lowest BCUT2D eigenvalue weighted by atomic mass is 9.79. The summed E-state index contributed by atoms with van der Waals surface area (Å²) in [5.41, 5.74) is -1.09. The van der Waals surface area contributed by atoms with E-state index >= 15 is 0 Å². The summed E-state index contributed by atoms with van der Waals surface area (Å²) in [5, 5.41) is 15.9. The molecule has 1 heterocycles. The highest BCUT2D eigenvalue weighted by atomic mass is 16.6. The third-order valence-electron chi connectivity index (χ3n) is 4.27. The molecule has 1 aliphatic heterocycles. The van der Waals surface area contributed by atoms with E-state index < -0.39 is 22.4 Å². The highest BCUT2D eigenvalue weighted by molar-refractivity contribution is 6.08. The van der Waals surface area contributed by atoms with Gasteiger partial charge in [-0.15, -0.1) is 5.10 Å². The molecule has 0 saturated heterocycles. The predicted molar refractivity (Wildman–Crippen MR) is 103 cm³/mol. The molecular weight excluding hydrogens is 382 g/mol. The molecule has 0 unspecified atom stereocenters. The van der Waals surface area contributed by atoms with Crippen molar-refractivity contribution in [3.63, 3.8) is 0 Å². The molecule has 1 aromatic rings. The van der Waals surface area contributed by atoms with Crippen LogP contribution in [0.15, 0.2) is 41.6 Å². The van der Waals surface area contributed by atoms with E-state index in [1.54, 1.807) is 20.8 Å². The fourth-order valence-corrected chi connectivity index (χ4v) is 2.92. The molecule has 1 atom stereocenters. The minimum atomic E-state index is -1.60. The average molecular weight is 405 g/mol. The lowest BCUT2D eigenvalue weighted by Gasteiger charge is -2.29. The van der Waals surface area contributed by atoms with Gasteiger partial charge in [-0.25, -0.2) is 4.79 Å². The van der Waals surface area contributed by atoms with Crippen LogP contribution in [0.5, 0.6) is 0 Å². The summed E-state index contributed by atoms with van der Waals surface area (Å²) in [6.45, 7) is 9.27. The Balaban J connectivity index is 2.52. The summed E-state index contributed by atoms with van der Waals surface area (Å²) in [4.78, 5) is 35.7. The second-order valence-corrected chi connectivity index (χ2v) is 6.02. The molecule has 29 heavy (non-hydrogen) atoms. The normalized spacial score (nSPS) is 18.2. The number of esters is 1. The van der Waals surface area contributed by atoms with Gasteiger partial charge in [-0.2, -0.15) is 5.01 Å². The number of hydrogen-bond donors (Lipinski definition) is 0. The van der Waals surface area contributed by atoms with Crippen LogP contribution in [0, 0.1) is 15.5 Å². The van der Waals surface area contributed by atoms with E-state index in [0.29, 0.717) is 5.56 Å². The zero-order chi connectivity index (χ0) is 21.6. The van der Waals surface area contributed by atoms with Crippen LogP contribution in [0.2, 0.25) is 0 Å². The maximum Gasteiger partial charge on any atom is 0.435 e. The molecule has 0 aromatic heterocycles. The van der Waals surface area contributed by atoms with Gasteiger partial charge in [-0.1, -0.05) is 18.7 Å². The lowest BCUT2D eigenvalue weighted by Crippen LogP contribution is -2.44. The highest BCUT2D eigenvalue weighted by Crippen LogP contribution is 2.42. The van der Waals surface area contributed by atoms with E-state index in [1.807, 2.05) is 0 Å². The third kappa shape index (κ3) is 4.20. The minimum Gasteiger partial charge on any atom is -0.479 e. The Morgan fingerprint density at radius 2 is 1.76 bits per heavy atom. The van der Waals surface area contributed by atoms with Crippen molar-refractivity contribution in [1.29, 1.82) is 0 Å². The first-order valence-corrected chi connectivity index (χ1v) is 9.10. The van der Waals surface area contributed by atoms with Crippen LogP contribution in [0.1, 0.15) is 26.3 Å². The largest absolute Gasteiger partial charge is 0.479 e. The van der Waals surface area contributed by atoms with Gasteiger partial charge >= 0.3 is 12.1 Å². The van der Waals surface area contributed by atoms with Gasteiger partial charge in [0.2, 0.25) is 5.90 Å². The summed E-state index contributed by atoms with van der Waals surface area (Å²) in [6, 6.07) is 5.69. The summed E-state index contributed by atoms with van der Waals surface area (Å²) < 4.78 is 15.8. The first-order valence-electron chi connectivity index (χ1n) is 9.10. The Labute approximate surface area is 167 Å². The Morgan fingerprint density at radius 3 is 2.28 bits per heavy atom. The van der Waals surface area contributed by atoms with Gasteiger partial charge in [-0.3, -0.25) is 14.9 Å². The molecular formula is C19H23N3O7. The van der Waals surface area contributed by atoms with Crippen molar-refractivity contribution >= 4 is 23.6 Å². The second kappa shape index (κ2) is 9.18. The summed E-state index contributed by atoms with van der Waals surface area (Å²) in [5.74, 6) is -0.739. The van der Waals surface area contributed by atoms with Crippen LogP contribution in [-0.2, 0) is 25.4 Å². The van der Waals surface area contributed by atoms with Crippen LogP contribution in [0.25, 0.3) is 0 Å². The van der Waals surface area contributed by atoms with Gasteiger partial charge in [-0.05, 0) is 26.3 Å². The number of carbonyl (C=O) groups excluding carboxylic acids is 2. The number of nitro groups is 1. The molecule has 0 N–H and O–H groups in total. The van der Waals surface area contributed by atoms with Gasteiger partial charge in [0, 0.05) is 18.6 Å². The highest BCUT2D eigenvalue weighted by Gasteiger charge is 2.57. The molecule has 0 saturated carbocycles. The first-order chi connectivity index (χ1) is 13.8. The Hall–Kier alpha value is -3.43. The SMILES string of the molecule is C=C1N(C(=O)OCC)N=C(OCC)[C@]1(Cc1ccc([N+](=O)[O-])cc1)C(=O)OCC. The summed E-state index contributed by atoms with van der Waals surface area (Å²) in [6.07, 6.45) is -0.818. The van der Waals surface area contributed by atoms with Crippen LogP contribution in [0.4, 0.5) is 10.5 Å². The molecule has 0 bridgehead atoms. The number of ether oxygens (including phenoxy) is 3. The summed E-state index contributed by atoms with van der Waals surface area (Å²) in [7, 11) is 0. The van der Waals surface area contributed by atoms with Crippen molar-refractivity contribution in [2.24, 2.45) is 10.5 Å². The smallest absolute Gasteiger partial charge is 0.435 e. The lowest BCUT2D eigenvalue weighted by molar-refractivity contribution is -0.384. The fraction of sp³-hybridized carbons (Fsp3) is 0.421. The molecule has 1 amide bonds. The van der Waals surface area contributed by atoms with Gasteiger partial charge in [0.1, 0.15) is 0 Å². The molecule has 0 spiro atoms. The number of benzene rings is 1. The van der Waals surface area contributed by atoms with Crippen LogP contribution >= 0.6 is 0 Å². The molecule has 1 aliphatic rings. The van der Waals surface area contributed by atoms with Crippen molar-refractivity contribution < 1.29 is 28.7 Å². The third-order valence-corrected chi connectivity index (χ3v) is 4.27. The second-order valence-electron chi connectivity index (χ2n) is 6.02. The van der Waals surface area contributed by atoms with E-state index in [1.165, 1.54) is 24.3 Å². The first kappa shape index (κ1) is 21.9. The molecule has 0 radical (unpaired) electrons. The maximum absolute atomic E-state index is 13.0. The number of nitro benzene ring substituents is 1. The van der Waals surface area contributed by atoms with E-state index in [2.05, 4.69) is 11.7 Å². The van der Waals surface area contributed by atoms with E-state index in [0.717, 1.165) is 5.01 Å². The van der Waals surface area contributed by atoms with E-state index in [4.69, 9.17) is 14.2 Å². The molecule has 2 rings (SSSR count). The molecule has 0 fully saturated rings. The quantitative estimate of drug-likeness (QED) is 0.388. The Bertz CT molecular complexity index is 835. The average Bonchev–Trinajstić information content (AvgIpc) is 2.96. The molecule has 10 nitrogen and oxygen atoms in total. The van der Waals surface area contributed by atoms with E-state index in [-0.39, 0.29) is 43.5 Å². The maximum atomic E-state index is 13.0. The zero-order valence-corrected chi connectivity index (χ0v) is 16.5. The van der Waals surface area contributed by atoms with Crippen molar-refractivity contribution in [1.82, 2.24) is 5.01 Å². The number of hydrazone groups is 1.